The minimum absolute atomic E-state index is 0.00527. The Labute approximate surface area is 154 Å². The van der Waals surface area contributed by atoms with E-state index in [-0.39, 0.29) is 16.9 Å². The second-order valence-corrected chi connectivity index (χ2v) is 6.56. The van der Waals surface area contributed by atoms with Crippen molar-refractivity contribution in [1.82, 2.24) is 9.88 Å². The average molecular weight is 382 g/mol. The van der Waals surface area contributed by atoms with Crippen LogP contribution in [0.2, 0.25) is 5.02 Å². The number of nitrogens with zero attached hydrogens (tertiary/aromatic N) is 3. The van der Waals surface area contributed by atoms with Crippen LogP contribution >= 0.6 is 23.4 Å². The first-order valence-corrected chi connectivity index (χ1v) is 9.18. The summed E-state index contributed by atoms with van der Waals surface area (Å²) in [6, 6.07) is 7.76. The summed E-state index contributed by atoms with van der Waals surface area (Å²) in [5.41, 5.74) is 0.760. The van der Waals surface area contributed by atoms with Crippen molar-refractivity contribution in [3.63, 3.8) is 0 Å². The van der Waals surface area contributed by atoms with Crippen LogP contribution in [0.4, 0.5) is 10.1 Å². The summed E-state index contributed by atoms with van der Waals surface area (Å²) in [6.07, 6.45) is 3.64. The Bertz CT molecular complexity index is 767. The molecule has 0 spiro atoms. The van der Waals surface area contributed by atoms with Crippen molar-refractivity contribution in [2.45, 2.75) is 6.10 Å². The number of amidine groups is 1. The topological polar surface area (TPSA) is 47.0 Å². The van der Waals surface area contributed by atoms with Gasteiger partial charge in [0, 0.05) is 6.07 Å². The summed E-state index contributed by atoms with van der Waals surface area (Å²) in [7, 11) is 1.58. The Balaban J connectivity index is 1.60. The number of methoxy groups -OCH3 is 1. The number of rotatable bonds is 4. The molecule has 0 saturated carbocycles. The van der Waals surface area contributed by atoms with Gasteiger partial charge >= 0.3 is 0 Å². The number of hydrogen-bond donors (Lipinski definition) is 0. The highest BCUT2D eigenvalue weighted by molar-refractivity contribution is 8.13. The fourth-order valence-corrected chi connectivity index (χ4v) is 3.15. The highest BCUT2D eigenvalue weighted by Crippen LogP contribution is 2.29. The molecule has 5 nitrogen and oxygen atoms in total. The van der Waals surface area contributed by atoms with E-state index in [1.54, 1.807) is 37.2 Å². The van der Waals surface area contributed by atoms with Crippen LogP contribution in [0.1, 0.15) is 0 Å². The Morgan fingerprint density at radius 3 is 2.76 bits per heavy atom. The molecule has 0 unspecified atom stereocenters. The zero-order valence-electron chi connectivity index (χ0n) is 13.8. The van der Waals surface area contributed by atoms with Gasteiger partial charge in [0.05, 0.1) is 37.1 Å². The molecule has 2 heterocycles. The van der Waals surface area contributed by atoms with Crippen LogP contribution in [-0.4, -0.2) is 47.6 Å². The van der Waals surface area contributed by atoms with E-state index in [0.717, 1.165) is 10.9 Å². The second-order valence-electron chi connectivity index (χ2n) is 5.38. The number of aliphatic imine (C=N–C) groups is 1. The fourth-order valence-electron chi connectivity index (χ4n) is 2.33. The summed E-state index contributed by atoms with van der Waals surface area (Å²) in [5.74, 6) is 0.672. The summed E-state index contributed by atoms with van der Waals surface area (Å²) in [5, 5.41) is 1.17. The minimum Gasteiger partial charge on any atom is -0.485 e. The first-order valence-electron chi connectivity index (χ1n) is 7.58. The van der Waals surface area contributed by atoms with Crippen molar-refractivity contribution >= 4 is 34.2 Å². The molecule has 2 aromatic rings. The van der Waals surface area contributed by atoms with Crippen molar-refractivity contribution in [2.75, 3.05) is 26.5 Å². The van der Waals surface area contributed by atoms with E-state index in [2.05, 4.69) is 14.9 Å². The molecule has 25 heavy (non-hydrogen) atoms. The lowest BCUT2D eigenvalue weighted by atomic mass is 10.2. The van der Waals surface area contributed by atoms with E-state index in [1.807, 2.05) is 12.3 Å². The van der Waals surface area contributed by atoms with Crippen LogP contribution in [-0.2, 0) is 0 Å². The number of pyridine rings is 1. The predicted octanol–water partition coefficient (Wildman–Crippen LogP) is 4.00. The molecular formula is C17H17ClFN3O2S. The fraction of sp³-hybridized carbons (Fsp3) is 0.294. The third kappa shape index (κ3) is 4.35. The van der Waals surface area contributed by atoms with Crippen molar-refractivity contribution < 1.29 is 13.9 Å². The standard InChI is InChI=1S/C17H17ClFN3O2S/c1-23-16-6-4-12(8-20-16)21-17(25-2)22-9-13(10-22)24-15-5-3-11(19)7-14(15)18/h3-8,13H,9-10H2,1-2H3/b21-17+. The van der Waals surface area contributed by atoms with Gasteiger partial charge in [0.1, 0.15) is 17.7 Å². The first kappa shape index (κ1) is 17.8. The average Bonchev–Trinajstić information content (AvgIpc) is 2.58. The number of thioether (sulfide) groups is 1. The number of benzene rings is 1. The van der Waals surface area contributed by atoms with E-state index in [9.17, 15) is 4.39 Å². The van der Waals surface area contributed by atoms with Crippen molar-refractivity contribution in [2.24, 2.45) is 4.99 Å². The summed E-state index contributed by atoms with van der Waals surface area (Å²) >= 11 is 7.55. The number of likely N-dealkylation sites (tertiary alicyclic amines) is 1. The molecule has 0 atom stereocenters. The lowest BCUT2D eigenvalue weighted by Crippen LogP contribution is -2.55. The Morgan fingerprint density at radius 1 is 1.36 bits per heavy atom. The molecule has 8 heteroatoms. The van der Waals surface area contributed by atoms with Gasteiger partial charge in [0.25, 0.3) is 0 Å². The lowest BCUT2D eigenvalue weighted by molar-refractivity contribution is 0.0700. The SMILES string of the molecule is COc1ccc(/N=C(/SC)N2CC(Oc3ccc(F)cc3Cl)C2)cn1. The molecule has 0 aliphatic carbocycles. The van der Waals surface area contributed by atoms with Crippen molar-refractivity contribution in [1.29, 1.82) is 0 Å². The predicted molar refractivity (Wildman–Crippen MR) is 98.8 cm³/mol. The summed E-state index contributed by atoms with van der Waals surface area (Å²) in [4.78, 5) is 10.9. The molecule has 0 radical (unpaired) electrons. The van der Waals surface area contributed by atoms with Crippen LogP contribution in [0.15, 0.2) is 41.5 Å². The lowest BCUT2D eigenvalue weighted by Gasteiger charge is -2.40. The van der Waals surface area contributed by atoms with Gasteiger partial charge in [-0.15, -0.1) is 0 Å². The Kier molecular flexibility index (Phi) is 5.65. The normalized spacial score (nSPS) is 15.0. The maximum atomic E-state index is 13.1. The van der Waals surface area contributed by atoms with E-state index >= 15 is 0 Å². The minimum atomic E-state index is -0.377. The van der Waals surface area contributed by atoms with Gasteiger partial charge < -0.3 is 14.4 Å². The van der Waals surface area contributed by atoms with Crippen molar-refractivity contribution in [3.05, 3.63) is 47.4 Å². The molecule has 1 aromatic carbocycles. The molecule has 1 saturated heterocycles. The Morgan fingerprint density at radius 2 is 2.16 bits per heavy atom. The number of aromatic nitrogens is 1. The molecule has 0 amide bonds. The molecule has 132 valence electrons. The van der Waals surface area contributed by atoms with Gasteiger partial charge in [0.15, 0.2) is 5.17 Å². The van der Waals surface area contributed by atoms with E-state index in [1.165, 1.54) is 12.1 Å². The molecule has 1 aliphatic rings. The van der Waals surface area contributed by atoms with Gasteiger partial charge in [-0.3, -0.25) is 0 Å². The monoisotopic (exact) mass is 381 g/mol. The van der Waals surface area contributed by atoms with Gasteiger partial charge in [-0.05, 0) is 30.5 Å². The third-order valence-electron chi connectivity index (χ3n) is 3.64. The summed E-state index contributed by atoms with van der Waals surface area (Å²) in [6.45, 7) is 1.38. The molecule has 1 aromatic heterocycles. The maximum Gasteiger partial charge on any atom is 0.213 e. The smallest absolute Gasteiger partial charge is 0.213 e. The number of hydrogen-bond acceptors (Lipinski definition) is 5. The highest BCUT2D eigenvalue weighted by Gasteiger charge is 2.31. The van der Waals surface area contributed by atoms with Crippen LogP contribution in [0, 0.1) is 5.82 Å². The van der Waals surface area contributed by atoms with E-state index < -0.39 is 0 Å². The van der Waals surface area contributed by atoms with Crippen molar-refractivity contribution in [3.8, 4) is 11.6 Å². The largest absolute Gasteiger partial charge is 0.485 e. The van der Waals surface area contributed by atoms with Crippen LogP contribution < -0.4 is 9.47 Å². The van der Waals surface area contributed by atoms with Gasteiger partial charge in [-0.1, -0.05) is 23.4 Å². The van der Waals surface area contributed by atoms with Gasteiger partial charge in [0.2, 0.25) is 5.88 Å². The molecular weight excluding hydrogens is 365 g/mol. The summed E-state index contributed by atoms with van der Waals surface area (Å²) < 4.78 is 23.9. The van der Waals surface area contributed by atoms with Gasteiger partial charge in [-0.25, -0.2) is 14.4 Å². The van der Waals surface area contributed by atoms with E-state index in [4.69, 9.17) is 21.1 Å². The molecule has 1 fully saturated rings. The number of ether oxygens (including phenoxy) is 2. The van der Waals surface area contributed by atoms with Crippen LogP contribution in [0.25, 0.3) is 0 Å². The first-order chi connectivity index (χ1) is 12.1. The molecule has 1 aliphatic heterocycles. The van der Waals surface area contributed by atoms with Gasteiger partial charge in [-0.2, -0.15) is 0 Å². The third-order valence-corrected chi connectivity index (χ3v) is 4.65. The molecule has 0 N–H and O–H groups in total. The zero-order chi connectivity index (χ0) is 17.8. The zero-order valence-corrected chi connectivity index (χ0v) is 15.4. The van der Waals surface area contributed by atoms with E-state index in [0.29, 0.717) is 24.7 Å². The van der Waals surface area contributed by atoms with Crippen LogP contribution in [0.5, 0.6) is 11.6 Å². The molecule has 3 rings (SSSR count). The maximum absolute atomic E-state index is 13.1. The highest BCUT2D eigenvalue weighted by atomic mass is 35.5. The quantitative estimate of drug-likeness (QED) is 0.591. The second kappa shape index (κ2) is 7.93. The van der Waals surface area contributed by atoms with Crippen LogP contribution in [0.3, 0.4) is 0 Å². The number of halogens is 2. The molecule has 0 bridgehead atoms. The Hall–Kier alpha value is -1.99.